The minimum atomic E-state index is -0.351. The zero-order chi connectivity index (χ0) is 20.8. The number of carbonyl (C=O) groups is 1. The molecule has 30 heavy (non-hydrogen) atoms. The standard InChI is InChI=1S/C24H25ClN4O/c25-20-17-19(12-13-22(20)29-15-7-2-8-16-29)27-24(30)28-23(18-9-3-1-4-10-18)21-11-5-6-14-26-21/h1,3-6,9-14,17,23H,2,7-8,15-16H2,(H2,27,28,30). The highest BCUT2D eigenvalue weighted by Crippen LogP contribution is 2.31. The summed E-state index contributed by atoms with van der Waals surface area (Å²) in [5, 5.41) is 6.58. The minimum absolute atomic E-state index is 0.309. The number of rotatable bonds is 5. The lowest BCUT2D eigenvalue weighted by molar-refractivity contribution is 0.250. The summed E-state index contributed by atoms with van der Waals surface area (Å²) < 4.78 is 0. The van der Waals surface area contributed by atoms with Gasteiger partial charge in [-0.2, -0.15) is 0 Å². The summed E-state index contributed by atoms with van der Waals surface area (Å²) in [6.45, 7) is 2.05. The first-order valence-electron chi connectivity index (χ1n) is 10.3. The Bertz CT molecular complexity index is 936. The molecular formula is C24H25ClN4O. The van der Waals surface area contributed by atoms with E-state index in [9.17, 15) is 4.79 Å². The third kappa shape index (κ3) is 4.92. The molecule has 0 spiro atoms. The summed E-state index contributed by atoms with van der Waals surface area (Å²) in [7, 11) is 0. The number of anilines is 2. The molecule has 0 saturated carbocycles. The largest absolute Gasteiger partial charge is 0.370 e. The van der Waals surface area contributed by atoms with Crippen molar-refractivity contribution in [3.05, 3.63) is 89.2 Å². The van der Waals surface area contributed by atoms with Gasteiger partial charge < -0.3 is 15.5 Å². The Morgan fingerprint density at radius 3 is 2.43 bits per heavy atom. The Hall–Kier alpha value is -3.05. The normalized spacial score (nSPS) is 14.8. The van der Waals surface area contributed by atoms with Crippen molar-refractivity contribution < 1.29 is 4.79 Å². The van der Waals surface area contributed by atoms with Gasteiger partial charge in [-0.15, -0.1) is 0 Å². The Balaban J connectivity index is 1.48. The fourth-order valence-electron chi connectivity index (χ4n) is 3.79. The summed E-state index contributed by atoms with van der Waals surface area (Å²) in [5.74, 6) is 0. The third-order valence-corrected chi connectivity index (χ3v) is 5.60. The number of aromatic nitrogens is 1. The molecule has 0 radical (unpaired) electrons. The third-order valence-electron chi connectivity index (χ3n) is 5.29. The van der Waals surface area contributed by atoms with E-state index in [1.54, 1.807) is 6.20 Å². The van der Waals surface area contributed by atoms with Gasteiger partial charge in [0.2, 0.25) is 0 Å². The van der Waals surface area contributed by atoms with E-state index >= 15 is 0 Å². The highest BCUT2D eigenvalue weighted by Gasteiger charge is 2.19. The molecule has 6 heteroatoms. The van der Waals surface area contributed by atoms with E-state index in [0.717, 1.165) is 30.0 Å². The van der Waals surface area contributed by atoms with Crippen molar-refractivity contribution in [2.75, 3.05) is 23.3 Å². The quantitative estimate of drug-likeness (QED) is 0.561. The van der Waals surface area contributed by atoms with Crippen LogP contribution in [0.25, 0.3) is 0 Å². The second-order valence-corrected chi connectivity index (χ2v) is 7.82. The number of hydrogen-bond acceptors (Lipinski definition) is 3. The van der Waals surface area contributed by atoms with Crippen LogP contribution >= 0.6 is 11.6 Å². The first-order valence-corrected chi connectivity index (χ1v) is 10.7. The number of piperidine rings is 1. The van der Waals surface area contributed by atoms with Gasteiger partial charge in [-0.05, 0) is 55.2 Å². The number of hydrogen-bond donors (Lipinski definition) is 2. The summed E-state index contributed by atoms with van der Waals surface area (Å²) in [6, 6.07) is 20.5. The maximum Gasteiger partial charge on any atom is 0.320 e. The molecule has 1 unspecified atom stereocenters. The number of amides is 2. The number of nitrogens with one attached hydrogen (secondary N) is 2. The number of pyridine rings is 1. The molecule has 5 nitrogen and oxygen atoms in total. The molecule has 1 aliphatic heterocycles. The predicted octanol–water partition coefficient (Wildman–Crippen LogP) is 5.64. The Morgan fingerprint density at radius 2 is 1.73 bits per heavy atom. The van der Waals surface area contributed by atoms with E-state index in [1.165, 1.54) is 19.3 Å². The Morgan fingerprint density at radius 1 is 0.967 bits per heavy atom. The van der Waals surface area contributed by atoms with Gasteiger partial charge in [0, 0.05) is 25.0 Å². The predicted molar refractivity (Wildman–Crippen MR) is 122 cm³/mol. The van der Waals surface area contributed by atoms with E-state index in [0.29, 0.717) is 10.7 Å². The molecule has 4 rings (SSSR count). The van der Waals surface area contributed by atoms with Crippen molar-refractivity contribution >= 4 is 29.0 Å². The summed E-state index contributed by atoms with van der Waals surface area (Å²) in [5.41, 5.74) is 3.42. The highest BCUT2D eigenvalue weighted by molar-refractivity contribution is 6.33. The summed E-state index contributed by atoms with van der Waals surface area (Å²) in [6.07, 6.45) is 5.37. The number of halogens is 1. The van der Waals surface area contributed by atoms with Crippen LogP contribution in [0.1, 0.15) is 36.6 Å². The van der Waals surface area contributed by atoms with Crippen LogP contribution in [0.2, 0.25) is 5.02 Å². The molecule has 154 valence electrons. The molecule has 3 aromatic rings. The van der Waals surface area contributed by atoms with E-state index in [2.05, 4.69) is 20.5 Å². The van der Waals surface area contributed by atoms with Crippen LogP contribution in [0.3, 0.4) is 0 Å². The van der Waals surface area contributed by atoms with Gasteiger partial charge in [0.05, 0.1) is 22.4 Å². The molecular weight excluding hydrogens is 396 g/mol. The fraction of sp³-hybridized carbons (Fsp3) is 0.250. The molecule has 2 amide bonds. The number of nitrogens with zero attached hydrogens (tertiary/aromatic N) is 2. The monoisotopic (exact) mass is 420 g/mol. The molecule has 1 aliphatic rings. The first kappa shape index (κ1) is 20.2. The molecule has 2 aromatic carbocycles. The van der Waals surface area contributed by atoms with Crippen LogP contribution < -0.4 is 15.5 Å². The second kappa shape index (κ2) is 9.63. The van der Waals surface area contributed by atoms with Gasteiger partial charge in [-0.1, -0.05) is 48.0 Å². The van der Waals surface area contributed by atoms with Crippen molar-refractivity contribution in [2.24, 2.45) is 0 Å². The minimum Gasteiger partial charge on any atom is -0.370 e. The molecule has 1 aromatic heterocycles. The second-order valence-electron chi connectivity index (χ2n) is 7.41. The lowest BCUT2D eigenvalue weighted by Gasteiger charge is -2.29. The smallest absolute Gasteiger partial charge is 0.320 e. The SMILES string of the molecule is O=C(Nc1ccc(N2CCCCC2)c(Cl)c1)NC(c1ccccc1)c1ccccn1. The van der Waals surface area contributed by atoms with Crippen LogP contribution in [0.4, 0.5) is 16.2 Å². The van der Waals surface area contributed by atoms with Crippen molar-refractivity contribution in [2.45, 2.75) is 25.3 Å². The molecule has 1 fully saturated rings. The average molecular weight is 421 g/mol. The van der Waals surface area contributed by atoms with Crippen LogP contribution in [0.15, 0.2) is 72.9 Å². The summed E-state index contributed by atoms with van der Waals surface area (Å²) >= 11 is 6.52. The Labute approximate surface area is 182 Å². The lowest BCUT2D eigenvalue weighted by atomic mass is 10.0. The van der Waals surface area contributed by atoms with Gasteiger partial charge in [-0.25, -0.2) is 4.79 Å². The van der Waals surface area contributed by atoms with Gasteiger partial charge in [0.1, 0.15) is 0 Å². The number of benzene rings is 2. The van der Waals surface area contributed by atoms with E-state index in [-0.39, 0.29) is 12.1 Å². The van der Waals surface area contributed by atoms with Gasteiger partial charge in [0.25, 0.3) is 0 Å². The maximum absolute atomic E-state index is 12.8. The van der Waals surface area contributed by atoms with E-state index in [4.69, 9.17) is 11.6 Å². The molecule has 2 heterocycles. The number of urea groups is 1. The van der Waals surface area contributed by atoms with Crippen molar-refractivity contribution in [3.8, 4) is 0 Å². The van der Waals surface area contributed by atoms with Crippen LogP contribution in [0, 0.1) is 0 Å². The van der Waals surface area contributed by atoms with Crippen LogP contribution in [0.5, 0.6) is 0 Å². The van der Waals surface area contributed by atoms with Gasteiger partial charge in [0.15, 0.2) is 0 Å². The zero-order valence-corrected chi connectivity index (χ0v) is 17.5. The highest BCUT2D eigenvalue weighted by atomic mass is 35.5. The number of carbonyl (C=O) groups excluding carboxylic acids is 1. The van der Waals surface area contributed by atoms with Gasteiger partial charge in [-0.3, -0.25) is 4.98 Å². The van der Waals surface area contributed by atoms with E-state index in [1.807, 2.05) is 66.7 Å². The zero-order valence-electron chi connectivity index (χ0n) is 16.7. The average Bonchev–Trinajstić information content (AvgIpc) is 2.79. The molecule has 1 atom stereocenters. The van der Waals surface area contributed by atoms with Crippen LogP contribution in [-0.4, -0.2) is 24.1 Å². The first-order chi connectivity index (χ1) is 14.7. The van der Waals surface area contributed by atoms with Crippen molar-refractivity contribution in [1.29, 1.82) is 0 Å². The summed E-state index contributed by atoms with van der Waals surface area (Å²) in [4.78, 5) is 19.5. The van der Waals surface area contributed by atoms with Crippen LogP contribution in [-0.2, 0) is 0 Å². The molecule has 0 bridgehead atoms. The van der Waals surface area contributed by atoms with Gasteiger partial charge >= 0.3 is 6.03 Å². The molecule has 0 aliphatic carbocycles. The molecule has 1 saturated heterocycles. The van der Waals surface area contributed by atoms with Crippen molar-refractivity contribution in [1.82, 2.24) is 10.3 Å². The molecule has 2 N–H and O–H groups in total. The topological polar surface area (TPSA) is 57.3 Å². The fourth-order valence-corrected chi connectivity index (χ4v) is 4.09. The lowest BCUT2D eigenvalue weighted by Crippen LogP contribution is -2.33. The van der Waals surface area contributed by atoms with E-state index < -0.39 is 0 Å². The maximum atomic E-state index is 12.8. The van der Waals surface area contributed by atoms with Crippen molar-refractivity contribution in [3.63, 3.8) is 0 Å². The Kier molecular flexibility index (Phi) is 6.50.